The maximum atomic E-state index is 11.8. The van der Waals surface area contributed by atoms with Crippen LogP contribution in [0.1, 0.15) is 25.8 Å². The summed E-state index contributed by atoms with van der Waals surface area (Å²) in [5, 5.41) is 3.32. The van der Waals surface area contributed by atoms with E-state index in [2.05, 4.69) is 5.32 Å². The molecule has 1 saturated heterocycles. The number of imidazole rings is 1. The van der Waals surface area contributed by atoms with Crippen molar-refractivity contribution in [1.82, 2.24) is 14.5 Å². The van der Waals surface area contributed by atoms with E-state index in [0.29, 0.717) is 6.04 Å². The summed E-state index contributed by atoms with van der Waals surface area (Å²) >= 11 is 0. The quantitative estimate of drug-likeness (QED) is 0.750. The van der Waals surface area contributed by atoms with Gasteiger partial charge < -0.3 is 5.32 Å². The van der Waals surface area contributed by atoms with Gasteiger partial charge in [0.05, 0.1) is 6.04 Å². The first-order valence-corrected chi connectivity index (χ1v) is 5.31. The van der Waals surface area contributed by atoms with Gasteiger partial charge in [-0.05, 0) is 26.3 Å². The van der Waals surface area contributed by atoms with E-state index >= 15 is 0 Å². The predicted molar refractivity (Wildman–Crippen MR) is 55.5 cm³/mol. The van der Waals surface area contributed by atoms with Crippen molar-refractivity contribution in [1.29, 1.82) is 0 Å². The Kier molecular flexibility index (Phi) is 2.72. The van der Waals surface area contributed by atoms with Crippen LogP contribution in [-0.2, 0) is 6.54 Å². The molecule has 1 aliphatic rings. The van der Waals surface area contributed by atoms with E-state index in [0.717, 1.165) is 32.5 Å². The lowest BCUT2D eigenvalue weighted by atomic mass is 10.1. The van der Waals surface area contributed by atoms with Gasteiger partial charge in [-0.25, -0.2) is 4.79 Å². The lowest BCUT2D eigenvalue weighted by Crippen LogP contribution is -2.36. The van der Waals surface area contributed by atoms with Crippen LogP contribution in [0.4, 0.5) is 0 Å². The highest BCUT2D eigenvalue weighted by molar-refractivity contribution is 4.87. The standard InChI is InChI=1S/C10H17N3O/c1-2-12-6-7-13(10(12)14)9-4-3-5-11-8-9/h6-7,9,11H,2-5,8H2,1H3. The molecule has 4 heteroatoms. The zero-order valence-corrected chi connectivity index (χ0v) is 8.57. The van der Waals surface area contributed by atoms with Gasteiger partial charge in [-0.1, -0.05) is 0 Å². The molecule has 1 N–H and O–H groups in total. The third-order valence-electron chi connectivity index (χ3n) is 2.88. The van der Waals surface area contributed by atoms with Gasteiger partial charge in [0.15, 0.2) is 0 Å². The Morgan fingerprint density at radius 2 is 2.43 bits per heavy atom. The molecule has 2 heterocycles. The van der Waals surface area contributed by atoms with Crippen molar-refractivity contribution < 1.29 is 0 Å². The van der Waals surface area contributed by atoms with Gasteiger partial charge in [-0.15, -0.1) is 0 Å². The monoisotopic (exact) mass is 195 g/mol. The number of hydrogen-bond donors (Lipinski definition) is 1. The van der Waals surface area contributed by atoms with Crippen LogP contribution in [0.25, 0.3) is 0 Å². The van der Waals surface area contributed by atoms with E-state index in [1.165, 1.54) is 0 Å². The second kappa shape index (κ2) is 4.00. The second-order valence-corrected chi connectivity index (χ2v) is 3.77. The molecule has 1 aromatic heterocycles. The molecule has 1 aromatic rings. The summed E-state index contributed by atoms with van der Waals surface area (Å²) in [6, 6.07) is 0.351. The van der Waals surface area contributed by atoms with E-state index in [1.807, 2.05) is 23.9 Å². The molecule has 78 valence electrons. The normalized spacial score (nSPS) is 22.5. The molecular weight excluding hydrogens is 178 g/mol. The van der Waals surface area contributed by atoms with Gasteiger partial charge in [-0.3, -0.25) is 9.13 Å². The van der Waals surface area contributed by atoms with E-state index in [1.54, 1.807) is 4.57 Å². The largest absolute Gasteiger partial charge is 0.328 e. The molecule has 2 rings (SSSR count). The number of rotatable bonds is 2. The molecule has 0 spiro atoms. The lowest BCUT2D eigenvalue weighted by Gasteiger charge is -2.23. The molecule has 1 fully saturated rings. The first-order valence-electron chi connectivity index (χ1n) is 5.31. The van der Waals surface area contributed by atoms with E-state index in [-0.39, 0.29) is 5.69 Å². The summed E-state index contributed by atoms with van der Waals surface area (Å²) in [7, 11) is 0. The topological polar surface area (TPSA) is 39.0 Å². The van der Waals surface area contributed by atoms with Gasteiger partial charge >= 0.3 is 5.69 Å². The van der Waals surface area contributed by atoms with Gasteiger partial charge in [-0.2, -0.15) is 0 Å². The fourth-order valence-corrected chi connectivity index (χ4v) is 2.02. The molecular formula is C10H17N3O. The molecule has 0 radical (unpaired) electrons. The molecule has 1 aliphatic heterocycles. The Balaban J connectivity index is 2.22. The van der Waals surface area contributed by atoms with Crippen molar-refractivity contribution in [2.24, 2.45) is 0 Å². The Hall–Kier alpha value is -1.03. The predicted octanol–water partition coefficient (Wildman–Crippen LogP) is 0.594. The highest BCUT2D eigenvalue weighted by Crippen LogP contribution is 2.13. The maximum absolute atomic E-state index is 11.8. The van der Waals surface area contributed by atoms with Crippen molar-refractivity contribution in [3.8, 4) is 0 Å². The van der Waals surface area contributed by atoms with Crippen LogP contribution in [0.2, 0.25) is 0 Å². The minimum atomic E-state index is 0.126. The first-order chi connectivity index (χ1) is 6.83. The average molecular weight is 195 g/mol. The smallest absolute Gasteiger partial charge is 0.315 e. The fraction of sp³-hybridized carbons (Fsp3) is 0.700. The van der Waals surface area contributed by atoms with E-state index in [9.17, 15) is 4.79 Å². The van der Waals surface area contributed by atoms with Crippen LogP contribution in [-0.4, -0.2) is 22.2 Å². The molecule has 0 amide bonds. The van der Waals surface area contributed by atoms with Crippen molar-refractivity contribution in [2.75, 3.05) is 13.1 Å². The van der Waals surface area contributed by atoms with Crippen LogP contribution in [0.3, 0.4) is 0 Å². The molecule has 14 heavy (non-hydrogen) atoms. The summed E-state index contributed by atoms with van der Waals surface area (Å²) < 4.78 is 3.60. The minimum absolute atomic E-state index is 0.126. The number of hydrogen-bond acceptors (Lipinski definition) is 2. The maximum Gasteiger partial charge on any atom is 0.328 e. The zero-order valence-electron chi connectivity index (χ0n) is 8.57. The number of piperidine rings is 1. The Labute approximate surface area is 83.5 Å². The van der Waals surface area contributed by atoms with E-state index in [4.69, 9.17) is 0 Å². The van der Waals surface area contributed by atoms with Gasteiger partial charge in [0, 0.05) is 25.5 Å². The zero-order chi connectivity index (χ0) is 9.97. The van der Waals surface area contributed by atoms with Gasteiger partial charge in [0.25, 0.3) is 0 Å². The molecule has 0 aliphatic carbocycles. The molecule has 1 atom stereocenters. The summed E-state index contributed by atoms with van der Waals surface area (Å²) in [6.07, 6.45) is 6.05. The second-order valence-electron chi connectivity index (χ2n) is 3.77. The summed E-state index contributed by atoms with van der Waals surface area (Å²) in [4.78, 5) is 11.8. The third kappa shape index (κ3) is 1.62. The van der Waals surface area contributed by atoms with Crippen molar-refractivity contribution in [3.63, 3.8) is 0 Å². The summed E-state index contributed by atoms with van der Waals surface area (Å²) in [6.45, 7) is 4.75. The van der Waals surface area contributed by atoms with Crippen molar-refractivity contribution >= 4 is 0 Å². The molecule has 0 saturated carbocycles. The molecule has 1 unspecified atom stereocenters. The highest BCUT2D eigenvalue weighted by atomic mass is 16.1. The molecule has 4 nitrogen and oxygen atoms in total. The van der Waals surface area contributed by atoms with Crippen LogP contribution < -0.4 is 11.0 Å². The Morgan fingerprint density at radius 1 is 1.57 bits per heavy atom. The number of nitrogens with zero attached hydrogens (tertiary/aromatic N) is 2. The summed E-state index contributed by atoms with van der Waals surface area (Å²) in [5.41, 5.74) is 0.126. The fourth-order valence-electron chi connectivity index (χ4n) is 2.02. The van der Waals surface area contributed by atoms with Gasteiger partial charge in [0.2, 0.25) is 0 Å². The molecule has 0 bridgehead atoms. The summed E-state index contributed by atoms with van der Waals surface area (Å²) in [5.74, 6) is 0. The van der Waals surface area contributed by atoms with Crippen LogP contribution >= 0.6 is 0 Å². The Morgan fingerprint density at radius 3 is 3.00 bits per heavy atom. The lowest BCUT2D eigenvalue weighted by molar-refractivity contribution is 0.361. The number of aromatic nitrogens is 2. The minimum Gasteiger partial charge on any atom is -0.315 e. The Bertz CT molecular complexity index is 346. The average Bonchev–Trinajstić information content (AvgIpc) is 2.61. The van der Waals surface area contributed by atoms with E-state index < -0.39 is 0 Å². The number of nitrogens with one attached hydrogen (secondary N) is 1. The van der Waals surface area contributed by atoms with Crippen LogP contribution in [0, 0.1) is 0 Å². The highest BCUT2D eigenvalue weighted by Gasteiger charge is 2.16. The molecule has 0 aromatic carbocycles. The van der Waals surface area contributed by atoms with Gasteiger partial charge in [0.1, 0.15) is 0 Å². The van der Waals surface area contributed by atoms with Crippen LogP contribution in [0.5, 0.6) is 0 Å². The van der Waals surface area contributed by atoms with Crippen molar-refractivity contribution in [2.45, 2.75) is 32.4 Å². The third-order valence-corrected chi connectivity index (χ3v) is 2.88. The SMILES string of the molecule is CCn1ccn(C2CCCNC2)c1=O. The first kappa shape index (κ1) is 9.52. The van der Waals surface area contributed by atoms with Crippen molar-refractivity contribution in [3.05, 3.63) is 22.9 Å². The number of aryl methyl sites for hydroxylation is 1. The van der Waals surface area contributed by atoms with Crippen LogP contribution in [0.15, 0.2) is 17.2 Å².